The van der Waals surface area contributed by atoms with E-state index in [0.29, 0.717) is 23.6 Å². The highest BCUT2D eigenvalue weighted by Crippen LogP contribution is 2.41. The van der Waals surface area contributed by atoms with E-state index >= 15 is 0 Å². The van der Waals surface area contributed by atoms with Crippen molar-refractivity contribution < 1.29 is 19.1 Å². The number of hydrogen-bond acceptors (Lipinski definition) is 4. The van der Waals surface area contributed by atoms with Crippen molar-refractivity contribution in [2.45, 2.75) is 26.7 Å². The number of carbonyl (C=O) groups is 2. The molecule has 2 aromatic rings. The molecule has 6 nitrogen and oxygen atoms in total. The van der Waals surface area contributed by atoms with Gasteiger partial charge in [0.25, 0.3) is 0 Å². The van der Waals surface area contributed by atoms with E-state index in [4.69, 9.17) is 9.47 Å². The van der Waals surface area contributed by atoms with E-state index in [2.05, 4.69) is 17.6 Å². The smallest absolute Gasteiger partial charge is 0.228 e. The zero-order valence-corrected chi connectivity index (χ0v) is 16.7. The summed E-state index contributed by atoms with van der Waals surface area (Å²) in [4.78, 5) is 25.3. The van der Waals surface area contributed by atoms with Gasteiger partial charge in [0, 0.05) is 11.8 Å². The number of ether oxygens (including phenoxy) is 2. The molecule has 2 atom stereocenters. The van der Waals surface area contributed by atoms with Crippen LogP contribution in [0.2, 0.25) is 0 Å². The minimum absolute atomic E-state index is 0.109. The number of carbonyl (C=O) groups excluding carboxylic acids is 2. The number of rotatable bonds is 7. The lowest BCUT2D eigenvalue weighted by molar-refractivity contribution is -0.122. The zero-order valence-electron chi connectivity index (χ0n) is 16.7. The van der Waals surface area contributed by atoms with Gasteiger partial charge < -0.3 is 20.1 Å². The molecule has 0 bridgehead atoms. The topological polar surface area (TPSA) is 76.7 Å². The summed E-state index contributed by atoms with van der Waals surface area (Å²) in [5, 5.41) is 5.87. The number of aryl methyl sites for hydroxylation is 2. The van der Waals surface area contributed by atoms with Crippen LogP contribution in [0.5, 0.6) is 11.5 Å². The molecule has 28 heavy (non-hydrogen) atoms. The molecule has 2 amide bonds. The zero-order chi connectivity index (χ0) is 20.3. The molecule has 0 radical (unpaired) electrons. The van der Waals surface area contributed by atoms with Crippen LogP contribution in [0, 0.1) is 18.8 Å². The van der Waals surface area contributed by atoms with Crippen LogP contribution in [0.25, 0.3) is 0 Å². The summed E-state index contributed by atoms with van der Waals surface area (Å²) >= 11 is 0. The van der Waals surface area contributed by atoms with E-state index in [-0.39, 0.29) is 23.7 Å². The summed E-state index contributed by atoms with van der Waals surface area (Å²) in [5.74, 6) is 0.205. The van der Waals surface area contributed by atoms with Crippen molar-refractivity contribution in [2.24, 2.45) is 11.8 Å². The van der Waals surface area contributed by atoms with Crippen LogP contribution in [-0.2, 0) is 16.0 Å². The van der Waals surface area contributed by atoms with Crippen LogP contribution in [0.15, 0.2) is 36.4 Å². The van der Waals surface area contributed by atoms with E-state index < -0.39 is 0 Å². The van der Waals surface area contributed by atoms with Crippen LogP contribution in [-0.4, -0.2) is 26.0 Å². The molecule has 2 N–H and O–H groups in total. The molecule has 2 unspecified atom stereocenters. The molecule has 1 saturated carbocycles. The Bertz CT molecular complexity index is 894. The number of anilines is 2. The average molecular weight is 382 g/mol. The van der Waals surface area contributed by atoms with Crippen LogP contribution in [0.1, 0.15) is 24.5 Å². The van der Waals surface area contributed by atoms with E-state index in [1.165, 1.54) is 0 Å². The van der Waals surface area contributed by atoms with Crippen molar-refractivity contribution in [2.75, 3.05) is 24.9 Å². The Balaban J connectivity index is 1.66. The molecule has 0 aliphatic heterocycles. The molecular weight excluding hydrogens is 356 g/mol. The molecule has 1 fully saturated rings. The maximum absolute atomic E-state index is 12.7. The molecular formula is C22H26N2O4. The average Bonchev–Trinajstić information content (AvgIpc) is 3.50. The first-order valence-electron chi connectivity index (χ1n) is 9.40. The first-order chi connectivity index (χ1) is 13.5. The van der Waals surface area contributed by atoms with Crippen molar-refractivity contribution in [1.82, 2.24) is 0 Å². The lowest BCUT2D eigenvalue weighted by Crippen LogP contribution is -2.21. The molecule has 1 aliphatic carbocycles. The molecule has 0 spiro atoms. The van der Waals surface area contributed by atoms with Gasteiger partial charge in [-0.1, -0.05) is 25.1 Å². The molecule has 0 saturated heterocycles. The Morgan fingerprint density at radius 2 is 1.75 bits per heavy atom. The van der Waals surface area contributed by atoms with Crippen LogP contribution < -0.4 is 20.1 Å². The van der Waals surface area contributed by atoms with E-state index in [1.54, 1.807) is 32.4 Å². The van der Waals surface area contributed by atoms with Crippen molar-refractivity contribution in [3.63, 3.8) is 0 Å². The van der Waals surface area contributed by atoms with Crippen molar-refractivity contribution >= 4 is 23.2 Å². The normalized spacial score (nSPS) is 17.6. The van der Waals surface area contributed by atoms with Crippen molar-refractivity contribution in [3.05, 3.63) is 47.5 Å². The highest BCUT2D eigenvalue weighted by molar-refractivity contribution is 6.04. The van der Waals surface area contributed by atoms with Crippen LogP contribution in [0.3, 0.4) is 0 Å². The highest BCUT2D eigenvalue weighted by Gasteiger charge is 2.48. The molecule has 0 heterocycles. The number of para-hydroxylation sites is 1. The van der Waals surface area contributed by atoms with Gasteiger partial charge in [0.15, 0.2) is 0 Å². The number of nitrogens with one attached hydrogen (secondary N) is 2. The molecule has 0 aromatic heterocycles. The summed E-state index contributed by atoms with van der Waals surface area (Å²) in [6.07, 6.45) is 1.37. The summed E-state index contributed by atoms with van der Waals surface area (Å²) in [6, 6.07) is 11.2. The Morgan fingerprint density at radius 3 is 2.39 bits per heavy atom. The van der Waals surface area contributed by atoms with E-state index in [1.807, 2.05) is 25.1 Å². The summed E-state index contributed by atoms with van der Waals surface area (Å²) < 4.78 is 10.5. The van der Waals surface area contributed by atoms with E-state index in [9.17, 15) is 9.59 Å². The minimum Gasteiger partial charge on any atom is -0.497 e. The van der Waals surface area contributed by atoms with Gasteiger partial charge in [0.1, 0.15) is 11.5 Å². The van der Waals surface area contributed by atoms with Crippen molar-refractivity contribution in [3.8, 4) is 11.5 Å². The molecule has 2 aromatic carbocycles. The van der Waals surface area contributed by atoms with Gasteiger partial charge in [0.2, 0.25) is 11.8 Å². The van der Waals surface area contributed by atoms with Gasteiger partial charge in [0.05, 0.1) is 31.7 Å². The third-order valence-electron chi connectivity index (χ3n) is 5.12. The molecule has 3 rings (SSSR count). The first-order valence-corrected chi connectivity index (χ1v) is 9.40. The standard InChI is InChI=1S/C22H26N2O4/c1-5-14-8-6-7-13(2)20(14)24-22(26)17-12-16(17)21(25)23-18-11-15(27-3)9-10-19(18)28-4/h6-11,16-17H,5,12H2,1-4H3,(H,23,25)(H,24,26). The Labute approximate surface area is 165 Å². The first kappa shape index (κ1) is 19.7. The van der Waals surface area contributed by atoms with Gasteiger partial charge >= 0.3 is 0 Å². The maximum atomic E-state index is 12.7. The largest absolute Gasteiger partial charge is 0.497 e. The number of benzene rings is 2. The molecule has 1 aliphatic rings. The van der Waals surface area contributed by atoms with Gasteiger partial charge in [-0.3, -0.25) is 9.59 Å². The van der Waals surface area contributed by atoms with E-state index in [0.717, 1.165) is 23.2 Å². The van der Waals surface area contributed by atoms with Gasteiger partial charge in [-0.2, -0.15) is 0 Å². The lowest BCUT2D eigenvalue weighted by Gasteiger charge is -2.13. The lowest BCUT2D eigenvalue weighted by atomic mass is 10.1. The van der Waals surface area contributed by atoms with Gasteiger partial charge in [-0.25, -0.2) is 0 Å². The number of amides is 2. The van der Waals surface area contributed by atoms with Crippen molar-refractivity contribution in [1.29, 1.82) is 0 Å². The minimum atomic E-state index is -0.343. The van der Waals surface area contributed by atoms with Gasteiger partial charge in [-0.15, -0.1) is 0 Å². The highest BCUT2D eigenvalue weighted by atomic mass is 16.5. The monoisotopic (exact) mass is 382 g/mol. The fourth-order valence-corrected chi connectivity index (χ4v) is 3.33. The number of hydrogen-bond donors (Lipinski definition) is 2. The second-order valence-electron chi connectivity index (χ2n) is 6.96. The predicted molar refractivity (Wildman–Crippen MR) is 109 cm³/mol. The summed E-state index contributed by atoms with van der Waals surface area (Å²) in [5.41, 5.74) is 3.51. The SMILES string of the molecule is CCc1cccc(C)c1NC(=O)C1CC1C(=O)Nc1cc(OC)ccc1OC. The fraction of sp³-hybridized carbons (Fsp3) is 0.364. The second kappa shape index (κ2) is 8.33. The third-order valence-corrected chi connectivity index (χ3v) is 5.12. The second-order valence-corrected chi connectivity index (χ2v) is 6.96. The fourth-order valence-electron chi connectivity index (χ4n) is 3.33. The summed E-state index contributed by atoms with van der Waals surface area (Å²) in [6.45, 7) is 4.03. The Kier molecular flexibility index (Phi) is 5.87. The molecule has 148 valence electrons. The Morgan fingerprint density at radius 1 is 1.04 bits per heavy atom. The maximum Gasteiger partial charge on any atom is 0.228 e. The molecule has 6 heteroatoms. The third kappa shape index (κ3) is 4.11. The van der Waals surface area contributed by atoms with Crippen LogP contribution >= 0.6 is 0 Å². The summed E-state index contributed by atoms with van der Waals surface area (Å²) in [7, 11) is 3.10. The van der Waals surface area contributed by atoms with Crippen LogP contribution in [0.4, 0.5) is 11.4 Å². The van der Waals surface area contributed by atoms with Gasteiger partial charge in [-0.05, 0) is 43.0 Å². The quantitative estimate of drug-likeness (QED) is 0.764. The number of methoxy groups -OCH3 is 2. The predicted octanol–water partition coefficient (Wildman–Crippen LogP) is 3.79. The Hall–Kier alpha value is -3.02.